The highest BCUT2D eigenvalue weighted by atomic mass is 35.5. The predicted molar refractivity (Wildman–Crippen MR) is 353 cm³/mol. The number of anilines is 2. The van der Waals surface area contributed by atoms with E-state index in [2.05, 4.69) is 10.6 Å². The number of benzene rings is 4. The summed E-state index contributed by atoms with van der Waals surface area (Å²) in [5.41, 5.74) is 4.62. The number of halogens is 1. The standard InChI is InChI=1S/C63H79ClN8O15S4/c1-43(65)72-53-29-26-46(87-5)39-49(53)60(44-22-24-45(64)25-23-44)69-52(61(72)66)42-59(74)68-34-14-8-13-33-67-58(73)21-11-7-12-32-63(4)51-41-48(91(84,85)86)28-31-55(51)71(36-16-18-38-89(78,79)80)57(63)20-10-6-9-19-56-62(2,3)50-40-47(90(81,82)83)27-30-54(50)70(56)35-15-17-37-88(75,76)77/h6,9-10,19-20,22-31,39-41,52,65-66H,7-8,11-18,21,32-38,42H2,1-5H3,(H5-,67,68,73,74,75,76,77,78,79,80,81,82,83,84,85,86)/p+1/t52-,63?/m0/s1. The molecule has 7 rings (SSSR count). The van der Waals surface area contributed by atoms with E-state index < -0.39 is 68.9 Å². The van der Waals surface area contributed by atoms with Crippen LogP contribution < -0.4 is 25.2 Å². The van der Waals surface area contributed by atoms with Crippen LogP contribution in [0.5, 0.6) is 5.75 Å². The van der Waals surface area contributed by atoms with Gasteiger partial charge in [0.25, 0.3) is 40.5 Å². The number of carbonyl (C=O) groups is 2. The van der Waals surface area contributed by atoms with Crippen molar-refractivity contribution in [3.63, 3.8) is 0 Å². The third-order valence-electron chi connectivity index (χ3n) is 16.4. The zero-order chi connectivity index (χ0) is 66.7. The van der Waals surface area contributed by atoms with Crippen LogP contribution in [0.3, 0.4) is 0 Å². The molecule has 0 saturated carbocycles. The highest BCUT2D eigenvalue weighted by Crippen LogP contribution is 2.52. The van der Waals surface area contributed by atoms with Crippen molar-refractivity contribution < 1.29 is 70.8 Å². The van der Waals surface area contributed by atoms with Crippen LogP contribution in [0, 0.1) is 10.8 Å². The number of allylic oxidation sites excluding steroid dienone is 6. The summed E-state index contributed by atoms with van der Waals surface area (Å²) in [7, 11) is -16.1. The first-order valence-corrected chi connectivity index (χ1v) is 36.3. The number of hydrogen-bond donors (Lipinski definition) is 8. The van der Waals surface area contributed by atoms with Gasteiger partial charge in [-0.15, -0.1) is 0 Å². The molecule has 8 N–H and O–H groups in total. The van der Waals surface area contributed by atoms with Gasteiger partial charge in [0.05, 0.1) is 51.6 Å². The van der Waals surface area contributed by atoms with Crippen molar-refractivity contribution in [2.45, 2.75) is 138 Å². The molecule has 1 unspecified atom stereocenters. The van der Waals surface area contributed by atoms with Gasteiger partial charge in [-0.1, -0.05) is 54.8 Å². The Bertz CT molecular complexity index is 4060. The maximum atomic E-state index is 13.4. The Morgan fingerprint density at radius 1 is 0.714 bits per heavy atom. The summed E-state index contributed by atoms with van der Waals surface area (Å²) in [6.07, 6.45) is 14.2. The number of amides is 2. The molecule has 2 amide bonds. The number of fused-ring (bicyclic) bond motifs is 3. The second-order valence-electron chi connectivity index (χ2n) is 23.5. The van der Waals surface area contributed by atoms with E-state index in [9.17, 15) is 61.5 Å². The monoisotopic (exact) mass is 1350 g/mol. The van der Waals surface area contributed by atoms with Gasteiger partial charge in [-0.3, -0.25) is 48.5 Å². The summed E-state index contributed by atoms with van der Waals surface area (Å²) >= 11 is 6.22. The summed E-state index contributed by atoms with van der Waals surface area (Å²) in [5.74, 6) is -0.764. The van der Waals surface area contributed by atoms with E-state index >= 15 is 0 Å². The molecule has 4 aromatic rings. The average Bonchev–Trinajstić information content (AvgIpc) is 1.60. The number of unbranched alkanes of at least 4 members (excludes halogenated alkanes) is 6. The molecular formula is C63H80ClN8O15S4+. The Morgan fingerprint density at radius 3 is 1.95 bits per heavy atom. The Morgan fingerprint density at radius 2 is 1.32 bits per heavy atom. The second kappa shape index (κ2) is 30.2. The highest BCUT2D eigenvalue weighted by molar-refractivity contribution is 7.86. The molecule has 0 saturated heterocycles. The minimum atomic E-state index is -4.65. The van der Waals surface area contributed by atoms with Crippen LogP contribution in [-0.2, 0) is 60.9 Å². The number of nitrogens with zero attached hydrogens (tertiary/aromatic N) is 4. The lowest BCUT2D eigenvalue weighted by atomic mass is 9.77. The molecule has 492 valence electrons. The first-order valence-electron chi connectivity index (χ1n) is 29.8. The maximum Gasteiger partial charge on any atom is 0.294 e. The van der Waals surface area contributed by atoms with Crippen LogP contribution in [0.25, 0.3) is 0 Å². The average molecular weight is 1350 g/mol. The summed E-state index contributed by atoms with van der Waals surface area (Å²) < 4.78 is 142. The fourth-order valence-electron chi connectivity index (χ4n) is 11.8. The van der Waals surface area contributed by atoms with Gasteiger partial charge in [0.15, 0.2) is 5.71 Å². The minimum absolute atomic E-state index is 0.0274. The minimum Gasteiger partial charge on any atom is -0.497 e. The Hall–Kier alpha value is -6.95. The molecule has 0 aromatic heterocycles. The molecule has 0 radical (unpaired) electrons. The molecule has 28 heteroatoms. The van der Waals surface area contributed by atoms with Crippen molar-refractivity contribution in [1.82, 2.24) is 10.6 Å². The van der Waals surface area contributed by atoms with E-state index in [1.54, 1.807) is 74.7 Å². The number of amidine groups is 2. The summed E-state index contributed by atoms with van der Waals surface area (Å²) in [6.45, 7) is 8.62. The van der Waals surface area contributed by atoms with Crippen molar-refractivity contribution in [2.24, 2.45) is 4.99 Å². The number of hydrogen-bond acceptors (Lipinski definition) is 15. The van der Waals surface area contributed by atoms with Crippen LogP contribution >= 0.6 is 11.6 Å². The fourth-order valence-corrected chi connectivity index (χ4v) is 14.1. The molecule has 23 nitrogen and oxygen atoms in total. The molecular weight excluding hydrogens is 1270 g/mol. The second-order valence-corrected chi connectivity index (χ2v) is 29.9. The molecule has 2 atom stereocenters. The highest BCUT2D eigenvalue weighted by Gasteiger charge is 2.46. The van der Waals surface area contributed by atoms with Gasteiger partial charge >= 0.3 is 0 Å². The number of ether oxygens (including phenoxy) is 1. The van der Waals surface area contributed by atoms with Crippen molar-refractivity contribution in [1.29, 1.82) is 10.8 Å². The van der Waals surface area contributed by atoms with Crippen LogP contribution in [-0.4, -0.2) is 142 Å². The third-order valence-corrected chi connectivity index (χ3v) is 20.0. The van der Waals surface area contributed by atoms with Gasteiger partial charge in [-0.2, -0.15) is 38.2 Å². The van der Waals surface area contributed by atoms with Gasteiger partial charge in [0, 0.05) is 83.1 Å². The van der Waals surface area contributed by atoms with Crippen molar-refractivity contribution >= 4 is 104 Å². The molecule has 0 fully saturated rings. The van der Waals surface area contributed by atoms with E-state index in [4.69, 9.17) is 32.1 Å². The van der Waals surface area contributed by atoms with Gasteiger partial charge in [0.2, 0.25) is 17.5 Å². The van der Waals surface area contributed by atoms with Gasteiger partial charge in [-0.05, 0) is 151 Å². The number of rotatable bonds is 31. The van der Waals surface area contributed by atoms with Gasteiger partial charge in [0.1, 0.15) is 30.0 Å². The molecule has 91 heavy (non-hydrogen) atoms. The zero-order valence-electron chi connectivity index (χ0n) is 51.5. The lowest BCUT2D eigenvalue weighted by molar-refractivity contribution is -0.438. The summed E-state index contributed by atoms with van der Waals surface area (Å²) in [6, 6.07) is 20.0. The Balaban J connectivity index is 0.974. The molecule has 4 aromatic carbocycles. The largest absolute Gasteiger partial charge is 0.497 e. The van der Waals surface area contributed by atoms with E-state index in [0.717, 1.165) is 11.4 Å². The number of aliphatic imine (C=N–C) groups is 1. The molecule has 0 bridgehead atoms. The molecule has 3 aliphatic rings. The molecule has 0 aliphatic carbocycles. The van der Waals surface area contributed by atoms with Crippen molar-refractivity contribution in [3.8, 4) is 5.75 Å². The number of nitrogens with one attached hydrogen (secondary N) is 4. The lowest BCUT2D eigenvalue weighted by Crippen LogP contribution is -2.42. The molecule has 0 spiro atoms. The van der Waals surface area contributed by atoms with E-state index in [1.807, 2.05) is 54.5 Å². The quantitative estimate of drug-likeness (QED) is 0.00580. The SMILES string of the molecule is COc1ccc2c(c1)C(c1ccc(Cl)cc1)=N[C@@H](CC(=O)NCCCCCNC(=O)CCCCCC1(C)/C(=C/C=C/C=C/C3=[N+](CCCCS(=O)(=O)O)c4ccc(S(=O)(=O)O)cc4C3(C)C)N(CCCCS(=O)(=O)O)c3ccc(S(=O)(=O)O)cc31)C(=N)N2C(C)=N. The summed E-state index contributed by atoms with van der Waals surface area (Å²) in [5, 5.41) is 24.2. The van der Waals surface area contributed by atoms with Crippen LogP contribution in [0.2, 0.25) is 5.02 Å². The fraction of sp³-hybridized carbons (Fsp3) is 0.429. The molecule has 3 heterocycles. The van der Waals surface area contributed by atoms with Crippen LogP contribution in [0.1, 0.15) is 133 Å². The van der Waals surface area contributed by atoms with E-state index in [0.29, 0.717) is 133 Å². The van der Waals surface area contributed by atoms with E-state index in [-0.39, 0.29) is 65.5 Å². The Kier molecular flexibility index (Phi) is 23.7. The Labute approximate surface area is 538 Å². The first-order chi connectivity index (χ1) is 42.7. The summed E-state index contributed by atoms with van der Waals surface area (Å²) in [4.78, 5) is 34.3. The maximum absolute atomic E-state index is 13.4. The van der Waals surface area contributed by atoms with Gasteiger partial charge in [-0.25, -0.2) is 0 Å². The van der Waals surface area contributed by atoms with Crippen molar-refractivity contribution in [3.05, 3.63) is 142 Å². The number of methoxy groups -OCH3 is 1. The number of carbonyl (C=O) groups excluding carboxylic acids is 2. The van der Waals surface area contributed by atoms with Crippen LogP contribution in [0.4, 0.5) is 17.1 Å². The lowest BCUT2D eigenvalue weighted by Gasteiger charge is -2.30. The third kappa shape index (κ3) is 18.6. The normalized spacial score (nSPS) is 18.0. The molecule has 3 aliphatic heterocycles. The number of benzodiazepines with no additional fused rings is 1. The van der Waals surface area contributed by atoms with Crippen LogP contribution in [0.15, 0.2) is 130 Å². The van der Waals surface area contributed by atoms with E-state index in [1.165, 1.54) is 29.2 Å². The van der Waals surface area contributed by atoms with Crippen molar-refractivity contribution in [2.75, 3.05) is 54.6 Å². The first kappa shape index (κ1) is 71.5. The zero-order valence-corrected chi connectivity index (χ0v) is 55.5. The van der Waals surface area contributed by atoms with Gasteiger partial charge < -0.3 is 20.3 Å². The predicted octanol–water partition coefficient (Wildman–Crippen LogP) is 9.77. The topological polar surface area (TPSA) is 354 Å². The smallest absolute Gasteiger partial charge is 0.294 e.